The molecule has 0 spiro atoms. The molecule has 5 heteroatoms. The molecular formula is C9H13Cl3OS. The molecule has 1 nitrogen and oxygen atoms in total. The second-order valence-electron chi connectivity index (χ2n) is 2.14. The second-order valence-corrected chi connectivity index (χ2v) is 5.61. The zero-order valence-corrected chi connectivity index (χ0v) is 11.1. The molecule has 0 saturated heterocycles. The molecule has 0 aliphatic carbocycles. The number of hydrogen-bond acceptors (Lipinski definition) is 1. The highest BCUT2D eigenvalue weighted by Gasteiger charge is 1.78. The molecule has 14 heavy (non-hydrogen) atoms. The molecule has 0 unspecified atom stereocenters. The molecular weight excluding hydrogens is 263 g/mol. The summed E-state index contributed by atoms with van der Waals surface area (Å²) in [6, 6.07) is 12.0. The minimum atomic E-state index is -0.750. The van der Waals surface area contributed by atoms with Crippen LogP contribution in [0.4, 0.5) is 0 Å². The monoisotopic (exact) mass is 274 g/mol. The van der Waals surface area contributed by atoms with Crippen LogP contribution in [0.1, 0.15) is 0 Å². The average Bonchev–Trinajstić information content (AvgIpc) is 2.05. The molecule has 0 heterocycles. The van der Waals surface area contributed by atoms with Gasteiger partial charge < -0.3 is 4.55 Å². The van der Waals surface area contributed by atoms with E-state index in [9.17, 15) is 4.55 Å². The lowest BCUT2D eigenvalue weighted by atomic mass is 10.4. The van der Waals surface area contributed by atoms with Gasteiger partial charge in [0.2, 0.25) is 0 Å². The van der Waals surface area contributed by atoms with Crippen LogP contribution in [-0.2, 0) is 11.2 Å². The Labute approximate surface area is 104 Å². The van der Waals surface area contributed by atoms with Crippen molar-refractivity contribution >= 4 is 46.0 Å². The summed E-state index contributed by atoms with van der Waals surface area (Å²) in [6.07, 6.45) is 3.28. The van der Waals surface area contributed by atoms with Crippen molar-refractivity contribution < 1.29 is 4.55 Å². The minimum Gasteiger partial charge on any atom is -0.617 e. The van der Waals surface area contributed by atoms with Gasteiger partial charge in [-0.25, -0.2) is 0 Å². The summed E-state index contributed by atoms with van der Waals surface area (Å²) < 4.78 is 8.81. The molecule has 0 amide bonds. The van der Waals surface area contributed by atoms with Gasteiger partial charge in [0.25, 0.3) is 0 Å². The van der Waals surface area contributed by atoms with Crippen molar-refractivity contribution in [2.45, 2.75) is 4.30 Å². The van der Waals surface area contributed by atoms with Crippen molar-refractivity contribution in [1.82, 2.24) is 0 Å². The van der Waals surface area contributed by atoms with Gasteiger partial charge >= 0.3 is 0 Å². The molecule has 1 aromatic rings. The van der Waals surface area contributed by atoms with Crippen molar-refractivity contribution in [2.24, 2.45) is 0 Å². The van der Waals surface area contributed by atoms with Crippen LogP contribution in [0, 0.1) is 0 Å². The van der Waals surface area contributed by atoms with Crippen LogP contribution in [0.25, 0.3) is 0 Å². The summed E-state index contributed by atoms with van der Waals surface area (Å²) in [4.78, 5) is 0. The topological polar surface area (TPSA) is 23.1 Å². The van der Waals surface area contributed by atoms with Gasteiger partial charge in [0.15, 0.2) is 4.30 Å². The molecule has 0 atom stereocenters. The van der Waals surface area contributed by atoms with E-state index >= 15 is 0 Å². The molecule has 0 aromatic heterocycles. The first-order chi connectivity index (χ1) is 6.46. The largest absolute Gasteiger partial charge is 0.617 e. The SMILES string of the molecule is C[S+](C)[O-].ClC(Cl)Cl.c1ccccc1. The van der Waals surface area contributed by atoms with Crippen molar-refractivity contribution in [2.75, 3.05) is 12.5 Å². The molecule has 0 fully saturated rings. The minimum absolute atomic E-state index is 0.611. The number of rotatable bonds is 0. The van der Waals surface area contributed by atoms with Crippen LogP contribution in [-0.4, -0.2) is 21.4 Å². The van der Waals surface area contributed by atoms with E-state index in [0.717, 1.165) is 0 Å². The summed E-state index contributed by atoms with van der Waals surface area (Å²) in [5, 5.41) is 0. The predicted molar refractivity (Wildman–Crippen MR) is 67.8 cm³/mol. The summed E-state index contributed by atoms with van der Waals surface area (Å²) in [7, 11) is 0. The van der Waals surface area contributed by atoms with E-state index in [1.165, 1.54) is 0 Å². The second kappa shape index (κ2) is 13.4. The number of alkyl halides is 3. The van der Waals surface area contributed by atoms with Crippen molar-refractivity contribution in [1.29, 1.82) is 0 Å². The Balaban J connectivity index is 0. The Morgan fingerprint density at radius 3 is 1.00 bits per heavy atom. The maximum Gasteiger partial charge on any atom is 0.180 e. The van der Waals surface area contributed by atoms with Gasteiger partial charge in [0, 0.05) is 0 Å². The van der Waals surface area contributed by atoms with Crippen molar-refractivity contribution in [3.63, 3.8) is 0 Å². The van der Waals surface area contributed by atoms with Gasteiger partial charge in [0.1, 0.15) is 0 Å². The highest BCUT2D eigenvalue weighted by Crippen LogP contribution is 2.03. The lowest BCUT2D eigenvalue weighted by Crippen LogP contribution is -1.86. The van der Waals surface area contributed by atoms with Gasteiger partial charge in [-0.15, -0.1) is 0 Å². The first kappa shape index (κ1) is 16.8. The zero-order valence-electron chi connectivity index (χ0n) is 7.99. The highest BCUT2D eigenvalue weighted by molar-refractivity contribution is 7.89. The Morgan fingerprint density at radius 1 is 0.857 bits per heavy atom. The summed E-state index contributed by atoms with van der Waals surface area (Å²) in [5.41, 5.74) is 0. The molecule has 0 bridgehead atoms. The smallest absolute Gasteiger partial charge is 0.180 e. The van der Waals surface area contributed by atoms with E-state index < -0.39 is 15.5 Å². The van der Waals surface area contributed by atoms with Gasteiger partial charge in [-0.05, 0) is 0 Å². The number of hydrogen-bond donors (Lipinski definition) is 0. The molecule has 0 radical (unpaired) electrons. The molecule has 0 saturated carbocycles. The fraction of sp³-hybridized carbons (Fsp3) is 0.333. The Bertz CT molecular complexity index is 144. The first-order valence-corrected chi connectivity index (χ1v) is 6.91. The van der Waals surface area contributed by atoms with Crippen molar-refractivity contribution in [3.05, 3.63) is 36.4 Å². The lowest BCUT2D eigenvalue weighted by molar-refractivity contribution is 0.606. The normalized spacial score (nSPS) is 8.57. The molecule has 0 aliphatic rings. The Hall–Kier alpha value is 0.400. The molecule has 1 rings (SSSR count). The van der Waals surface area contributed by atoms with Gasteiger partial charge in [-0.3, -0.25) is 0 Å². The number of benzene rings is 1. The third-order valence-electron chi connectivity index (χ3n) is 0.667. The molecule has 0 N–H and O–H groups in total. The molecule has 1 aromatic carbocycles. The first-order valence-electron chi connectivity index (χ1n) is 3.64. The average molecular weight is 276 g/mol. The van der Waals surface area contributed by atoms with Gasteiger partial charge in [-0.1, -0.05) is 82.4 Å². The standard InChI is InChI=1S/C6H6.C2H6OS.CHCl3/c1-2-4-6-5-3-1;1-4(2)3;2-1(3)4/h1-6H;1-2H3;1H. The van der Waals surface area contributed by atoms with Crippen LogP contribution in [0.15, 0.2) is 36.4 Å². The predicted octanol–water partition coefficient (Wildman–Crippen LogP) is 3.67. The zero-order chi connectivity index (χ0) is 11.4. The van der Waals surface area contributed by atoms with E-state index in [4.69, 9.17) is 34.8 Å². The third kappa shape index (κ3) is 39.3. The fourth-order valence-electron chi connectivity index (χ4n) is 0.385. The summed E-state index contributed by atoms with van der Waals surface area (Å²) in [5.74, 6) is 0. The Kier molecular flexibility index (Phi) is 16.1. The summed E-state index contributed by atoms with van der Waals surface area (Å²) in [6.45, 7) is 0. The third-order valence-corrected chi connectivity index (χ3v) is 0.667. The van der Waals surface area contributed by atoms with Crippen LogP contribution in [0.5, 0.6) is 0 Å². The molecule has 82 valence electrons. The van der Waals surface area contributed by atoms with Gasteiger partial charge in [-0.2, -0.15) is 0 Å². The van der Waals surface area contributed by atoms with E-state index in [1.807, 2.05) is 36.4 Å². The number of halogens is 3. The maximum atomic E-state index is 9.56. The maximum absolute atomic E-state index is 9.56. The van der Waals surface area contributed by atoms with Gasteiger partial charge in [0.05, 0.1) is 12.5 Å². The van der Waals surface area contributed by atoms with E-state index in [2.05, 4.69) is 0 Å². The van der Waals surface area contributed by atoms with Crippen LogP contribution in [0.3, 0.4) is 0 Å². The Morgan fingerprint density at radius 2 is 0.929 bits per heavy atom. The highest BCUT2D eigenvalue weighted by atomic mass is 35.6. The van der Waals surface area contributed by atoms with Crippen molar-refractivity contribution in [3.8, 4) is 0 Å². The van der Waals surface area contributed by atoms with E-state index in [-0.39, 0.29) is 0 Å². The quantitative estimate of drug-likeness (QED) is 0.523. The van der Waals surface area contributed by atoms with Crippen LogP contribution < -0.4 is 0 Å². The molecule has 0 aliphatic heterocycles. The van der Waals surface area contributed by atoms with E-state index in [0.29, 0.717) is 0 Å². The van der Waals surface area contributed by atoms with E-state index in [1.54, 1.807) is 12.5 Å². The summed E-state index contributed by atoms with van der Waals surface area (Å²) >= 11 is 13.8. The van der Waals surface area contributed by atoms with Crippen LogP contribution >= 0.6 is 34.8 Å². The fourth-order valence-corrected chi connectivity index (χ4v) is 0.385. The lowest BCUT2D eigenvalue weighted by Gasteiger charge is -1.87. The van der Waals surface area contributed by atoms with Crippen LogP contribution in [0.2, 0.25) is 0 Å².